The molecule has 1 unspecified atom stereocenters. The Labute approximate surface area is 232 Å². The van der Waals surface area contributed by atoms with Gasteiger partial charge < -0.3 is 10.4 Å². The smallest absolute Gasteiger partial charge is 0.307 e. The highest BCUT2D eigenvalue weighted by Gasteiger charge is 2.33. The fraction of sp³-hybridized carbons (Fsp3) is 0.281. The van der Waals surface area contributed by atoms with E-state index in [1.54, 1.807) is 42.6 Å². The maximum absolute atomic E-state index is 14.0. The molecule has 200 valence electrons. The number of nitrogens with one attached hydrogen (secondary N) is 1. The maximum atomic E-state index is 14.0. The van der Waals surface area contributed by atoms with Gasteiger partial charge in [0.2, 0.25) is 5.91 Å². The van der Waals surface area contributed by atoms with Crippen LogP contribution in [-0.2, 0) is 22.4 Å². The summed E-state index contributed by atoms with van der Waals surface area (Å²) >= 11 is 6.02. The van der Waals surface area contributed by atoms with E-state index in [4.69, 9.17) is 16.7 Å². The predicted octanol–water partition coefficient (Wildman–Crippen LogP) is 7.43. The quantitative estimate of drug-likeness (QED) is 0.242. The number of aromatic nitrogens is 1. The summed E-state index contributed by atoms with van der Waals surface area (Å²) in [6, 6.07) is 21.3. The van der Waals surface area contributed by atoms with Crippen LogP contribution in [0.4, 0.5) is 10.1 Å². The second kappa shape index (κ2) is 12.0. The van der Waals surface area contributed by atoms with Gasteiger partial charge in [0.15, 0.2) is 0 Å². The first-order valence-electron chi connectivity index (χ1n) is 13.3. The van der Waals surface area contributed by atoms with E-state index in [2.05, 4.69) is 10.3 Å². The van der Waals surface area contributed by atoms with Gasteiger partial charge in [-0.25, -0.2) is 4.39 Å². The third kappa shape index (κ3) is 6.63. The van der Waals surface area contributed by atoms with Gasteiger partial charge in [0.05, 0.1) is 11.9 Å². The molecule has 7 heteroatoms. The van der Waals surface area contributed by atoms with Crippen molar-refractivity contribution in [3.63, 3.8) is 0 Å². The Balaban J connectivity index is 1.34. The molecular formula is C32H30ClFN2O3. The summed E-state index contributed by atoms with van der Waals surface area (Å²) in [4.78, 5) is 29.1. The van der Waals surface area contributed by atoms with Crippen LogP contribution in [0.5, 0.6) is 0 Å². The van der Waals surface area contributed by atoms with Crippen LogP contribution in [-0.4, -0.2) is 22.0 Å². The van der Waals surface area contributed by atoms with Crippen molar-refractivity contribution in [3.8, 4) is 0 Å². The van der Waals surface area contributed by atoms with Crippen molar-refractivity contribution in [2.24, 2.45) is 11.8 Å². The van der Waals surface area contributed by atoms with Crippen molar-refractivity contribution >= 4 is 40.1 Å². The molecule has 2 N–H and O–H groups in total. The van der Waals surface area contributed by atoms with Crippen molar-refractivity contribution in [1.29, 1.82) is 0 Å². The van der Waals surface area contributed by atoms with E-state index in [1.807, 2.05) is 30.3 Å². The zero-order chi connectivity index (χ0) is 27.4. The molecule has 0 radical (unpaired) electrons. The van der Waals surface area contributed by atoms with Gasteiger partial charge in [-0.2, -0.15) is 0 Å². The summed E-state index contributed by atoms with van der Waals surface area (Å²) in [7, 11) is 0. The third-order valence-electron chi connectivity index (χ3n) is 7.80. The molecule has 1 atom stereocenters. The largest absolute Gasteiger partial charge is 0.481 e. The lowest BCUT2D eigenvalue weighted by Crippen LogP contribution is -2.33. The topological polar surface area (TPSA) is 79.3 Å². The molecule has 0 saturated heterocycles. The minimum atomic E-state index is -0.871. The van der Waals surface area contributed by atoms with Crippen molar-refractivity contribution in [2.45, 2.75) is 44.4 Å². The van der Waals surface area contributed by atoms with Crippen LogP contribution >= 0.6 is 11.6 Å². The molecule has 4 aromatic rings. The van der Waals surface area contributed by atoms with Crippen LogP contribution in [0.1, 0.15) is 48.3 Å². The van der Waals surface area contributed by atoms with Crippen LogP contribution < -0.4 is 5.32 Å². The highest BCUT2D eigenvalue weighted by atomic mass is 35.5. The van der Waals surface area contributed by atoms with E-state index in [9.17, 15) is 14.0 Å². The molecular weight excluding hydrogens is 515 g/mol. The molecule has 1 amide bonds. The van der Waals surface area contributed by atoms with Crippen LogP contribution in [0, 0.1) is 17.7 Å². The Morgan fingerprint density at radius 2 is 1.64 bits per heavy atom. The number of nitrogens with zero attached hydrogens (tertiary/aromatic N) is 1. The number of carboxylic acids is 1. The lowest BCUT2D eigenvalue weighted by atomic mass is 9.71. The molecule has 0 bridgehead atoms. The van der Waals surface area contributed by atoms with Gasteiger partial charge >= 0.3 is 5.97 Å². The van der Waals surface area contributed by atoms with E-state index >= 15 is 0 Å². The molecule has 1 fully saturated rings. The molecule has 5 nitrogen and oxygen atoms in total. The standard InChI is InChI=1S/C32H30ClFN2O3/c33-24-9-12-26(13-10-24)36-32(39)28(17-20-1-3-21(4-2-20)18-31(37)38)23-7-5-22(6-8-23)27-15-16-35-30-14-11-25(34)19-29(27)30/h1-4,9-16,19,22-23,28H,5-8,17-18H2,(H,36,39)(H,37,38). The number of rotatable bonds is 8. The number of amides is 1. The molecule has 1 aromatic heterocycles. The van der Waals surface area contributed by atoms with Crippen molar-refractivity contribution in [2.75, 3.05) is 5.32 Å². The Bertz CT molecular complexity index is 1470. The second-order valence-electron chi connectivity index (χ2n) is 10.4. The molecule has 5 rings (SSSR count). The van der Waals surface area contributed by atoms with Crippen LogP contribution in [0.3, 0.4) is 0 Å². The minimum Gasteiger partial charge on any atom is -0.481 e. The highest BCUT2D eigenvalue weighted by molar-refractivity contribution is 6.30. The molecule has 1 saturated carbocycles. The fourth-order valence-electron chi connectivity index (χ4n) is 5.79. The number of fused-ring (bicyclic) bond motifs is 1. The number of halogens is 2. The number of benzene rings is 3. The molecule has 39 heavy (non-hydrogen) atoms. The number of carbonyl (C=O) groups excluding carboxylic acids is 1. The normalized spacial score (nSPS) is 18.0. The maximum Gasteiger partial charge on any atom is 0.307 e. The van der Waals surface area contributed by atoms with E-state index in [0.717, 1.165) is 53.3 Å². The van der Waals surface area contributed by atoms with Gasteiger partial charge in [0.25, 0.3) is 0 Å². The molecule has 1 aliphatic rings. The number of pyridine rings is 1. The SMILES string of the molecule is O=C(O)Cc1ccc(CC(C(=O)Nc2ccc(Cl)cc2)C2CCC(c3ccnc4ccc(F)cc34)CC2)cc1. The van der Waals surface area contributed by atoms with E-state index in [0.29, 0.717) is 17.1 Å². The van der Waals surface area contributed by atoms with Crippen LogP contribution in [0.2, 0.25) is 5.02 Å². The first-order chi connectivity index (χ1) is 18.9. The Morgan fingerprint density at radius 1 is 0.949 bits per heavy atom. The number of carboxylic acid groups (broad SMARTS) is 1. The summed E-state index contributed by atoms with van der Waals surface area (Å²) < 4.78 is 14.0. The van der Waals surface area contributed by atoms with Gasteiger partial charge in [-0.3, -0.25) is 14.6 Å². The first kappa shape index (κ1) is 26.8. The summed E-state index contributed by atoms with van der Waals surface area (Å²) in [6.07, 6.45) is 5.88. The van der Waals surface area contributed by atoms with Gasteiger partial charge in [-0.15, -0.1) is 0 Å². The van der Waals surface area contributed by atoms with Gasteiger partial charge in [-0.1, -0.05) is 35.9 Å². The van der Waals surface area contributed by atoms with E-state index in [-0.39, 0.29) is 35.9 Å². The summed E-state index contributed by atoms with van der Waals surface area (Å²) in [5, 5.41) is 13.6. The summed E-state index contributed by atoms with van der Waals surface area (Å²) in [5.74, 6) is -0.963. The number of carbonyl (C=O) groups is 2. The van der Waals surface area contributed by atoms with Gasteiger partial charge in [0.1, 0.15) is 5.82 Å². The Kier molecular flexibility index (Phi) is 8.22. The zero-order valence-electron chi connectivity index (χ0n) is 21.4. The van der Waals surface area contributed by atoms with Gasteiger partial charge in [-0.05, 0) is 109 Å². The number of hydrogen-bond acceptors (Lipinski definition) is 3. The van der Waals surface area contributed by atoms with Crippen molar-refractivity contribution in [1.82, 2.24) is 4.98 Å². The first-order valence-corrected chi connectivity index (χ1v) is 13.6. The zero-order valence-corrected chi connectivity index (χ0v) is 22.2. The summed E-state index contributed by atoms with van der Waals surface area (Å²) in [5.41, 5.74) is 4.34. The Morgan fingerprint density at radius 3 is 2.33 bits per heavy atom. The minimum absolute atomic E-state index is 0.0294. The highest BCUT2D eigenvalue weighted by Crippen LogP contribution is 2.42. The number of anilines is 1. The predicted molar refractivity (Wildman–Crippen MR) is 151 cm³/mol. The number of hydrogen-bond donors (Lipinski definition) is 2. The average Bonchev–Trinajstić information content (AvgIpc) is 2.93. The molecule has 0 spiro atoms. The third-order valence-corrected chi connectivity index (χ3v) is 8.05. The fourth-order valence-corrected chi connectivity index (χ4v) is 5.92. The number of aliphatic carboxylic acids is 1. The van der Waals surface area contributed by atoms with Crippen LogP contribution in [0.15, 0.2) is 79.0 Å². The van der Waals surface area contributed by atoms with Crippen molar-refractivity contribution in [3.05, 3.63) is 107 Å². The molecule has 0 aliphatic heterocycles. The second-order valence-corrected chi connectivity index (χ2v) is 10.8. The van der Waals surface area contributed by atoms with E-state index < -0.39 is 5.97 Å². The molecule has 1 heterocycles. The van der Waals surface area contributed by atoms with E-state index in [1.165, 1.54) is 6.07 Å². The Hall–Kier alpha value is -3.77. The van der Waals surface area contributed by atoms with Gasteiger partial charge in [0, 0.05) is 28.2 Å². The van der Waals surface area contributed by atoms with Crippen molar-refractivity contribution < 1.29 is 19.1 Å². The summed E-state index contributed by atoms with van der Waals surface area (Å²) in [6.45, 7) is 0. The molecule has 1 aliphatic carbocycles. The molecule has 3 aromatic carbocycles. The van der Waals surface area contributed by atoms with Crippen LogP contribution in [0.25, 0.3) is 10.9 Å². The lowest BCUT2D eigenvalue weighted by molar-refractivity contribution is -0.136. The average molecular weight is 545 g/mol. The lowest BCUT2D eigenvalue weighted by Gasteiger charge is -2.34. The monoisotopic (exact) mass is 544 g/mol.